The first-order chi connectivity index (χ1) is 5.27. The first kappa shape index (κ1) is 6.55. The summed E-state index contributed by atoms with van der Waals surface area (Å²) in [4.78, 5) is 3.02. The lowest BCUT2D eigenvalue weighted by Crippen LogP contribution is -1.81. The van der Waals surface area contributed by atoms with Gasteiger partial charge in [-0.2, -0.15) is 0 Å². The van der Waals surface area contributed by atoms with Gasteiger partial charge in [0.05, 0.1) is 5.02 Å². The number of fused-ring (bicyclic) bond motifs is 1. The second-order valence-electron chi connectivity index (χ2n) is 2.44. The lowest BCUT2D eigenvalue weighted by atomic mass is 10.2. The Kier molecular flexibility index (Phi) is 1.29. The highest BCUT2D eigenvalue weighted by molar-refractivity contribution is 6.35. The number of hydrogen-bond acceptors (Lipinski definition) is 1. The minimum Gasteiger partial charge on any atom is -0.399 e. The molecule has 1 aromatic carbocycles. The largest absolute Gasteiger partial charge is 0.399 e. The predicted molar refractivity (Wildman–Crippen MR) is 47.7 cm³/mol. The van der Waals surface area contributed by atoms with Crippen molar-refractivity contribution in [1.82, 2.24) is 4.98 Å². The first-order valence-corrected chi connectivity index (χ1v) is 3.67. The summed E-state index contributed by atoms with van der Waals surface area (Å²) in [6.45, 7) is 0. The SMILES string of the molecule is Nc1ccc2c(Cl)c[nH]c2c1. The average Bonchev–Trinajstić information content (AvgIpc) is 2.32. The molecule has 0 saturated heterocycles. The Bertz CT molecular complexity index is 392. The first-order valence-electron chi connectivity index (χ1n) is 3.29. The fourth-order valence-electron chi connectivity index (χ4n) is 1.11. The van der Waals surface area contributed by atoms with Crippen LogP contribution in [0.4, 0.5) is 5.69 Å². The molecule has 0 bridgehead atoms. The third kappa shape index (κ3) is 0.955. The van der Waals surface area contributed by atoms with Crippen LogP contribution in [0.2, 0.25) is 5.02 Å². The van der Waals surface area contributed by atoms with Gasteiger partial charge in [-0.05, 0) is 18.2 Å². The molecule has 11 heavy (non-hydrogen) atoms. The van der Waals surface area contributed by atoms with Crippen LogP contribution in [0.3, 0.4) is 0 Å². The molecule has 3 N–H and O–H groups in total. The van der Waals surface area contributed by atoms with Crippen LogP contribution in [-0.4, -0.2) is 4.98 Å². The average molecular weight is 167 g/mol. The smallest absolute Gasteiger partial charge is 0.0659 e. The molecule has 0 atom stereocenters. The zero-order valence-electron chi connectivity index (χ0n) is 5.76. The van der Waals surface area contributed by atoms with Crippen molar-refractivity contribution in [3.8, 4) is 0 Å². The van der Waals surface area contributed by atoms with E-state index >= 15 is 0 Å². The summed E-state index contributed by atoms with van der Waals surface area (Å²) < 4.78 is 0. The van der Waals surface area contributed by atoms with Crippen LogP contribution in [0, 0.1) is 0 Å². The van der Waals surface area contributed by atoms with E-state index in [0.29, 0.717) is 0 Å². The molecule has 0 radical (unpaired) electrons. The maximum absolute atomic E-state index is 5.85. The highest BCUT2D eigenvalue weighted by Crippen LogP contribution is 2.23. The highest BCUT2D eigenvalue weighted by atomic mass is 35.5. The molecule has 3 heteroatoms. The minimum atomic E-state index is 0.736. The summed E-state index contributed by atoms with van der Waals surface area (Å²) in [5.74, 6) is 0. The third-order valence-electron chi connectivity index (χ3n) is 1.66. The van der Waals surface area contributed by atoms with Gasteiger partial charge in [-0.1, -0.05) is 11.6 Å². The molecule has 0 fully saturated rings. The molecule has 0 amide bonds. The zero-order chi connectivity index (χ0) is 7.84. The van der Waals surface area contributed by atoms with Gasteiger partial charge >= 0.3 is 0 Å². The number of nitrogens with two attached hydrogens (primary N) is 1. The molecule has 0 aliphatic rings. The lowest BCUT2D eigenvalue weighted by molar-refractivity contribution is 1.48. The number of halogens is 1. The number of nitrogens with one attached hydrogen (secondary N) is 1. The van der Waals surface area contributed by atoms with Crippen molar-refractivity contribution in [2.75, 3.05) is 5.73 Å². The van der Waals surface area contributed by atoms with Gasteiger partial charge in [-0.25, -0.2) is 0 Å². The second-order valence-corrected chi connectivity index (χ2v) is 2.85. The molecule has 2 aromatic rings. The molecular formula is C8H7ClN2. The van der Waals surface area contributed by atoms with Crippen LogP contribution in [0.15, 0.2) is 24.4 Å². The predicted octanol–water partition coefficient (Wildman–Crippen LogP) is 2.40. The number of hydrogen-bond donors (Lipinski definition) is 2. The molecule has 0 spiro atoms. The van der Waals surface area contributed by atoms with Crippen LogP contribution in [0.1, 0.15) is 0 Å². The van der Waals surface area contributed by atoms with E-state index in [9.17, 15) is 0 Å². The van der Waals surface area contributed by atoms with E-state index in [-0.39, 0.29) is 0 Å². The summed E-state index contributed by atoms with van der Waals surface area (Å²) in [7, 11) is 0. The van der Waals surface area contributed by atoms with E-state index in [1.165, 1.54) is 0 Å². The van der Waals surface area contributed by atoms with Gasteiger partial charge in [0.25, 0.3) is 0 Å². The number of rotatable bonds is 0. The number of aromatic nitrogens is 1. The number of anilines is 1. The van der Waals surface area contributed by atoms with Crippen LogP contribution >= 0.6 is 11.6 Å². The Labute approximate surface area is 69.0 Å². The maximum Gasteiger partial charge on any atom is 0.0659 e. The molecule has 0 aliphatic carbocycles. The van der Waals surface area contributed by atoms with E-state index in [1.54, 1.807) is 6.20 Å². The summed E-state index contributed by atoms with van der Waals surface area (Å²) in [6, 6.07) is 5.60. The molecule has 0 aliphatic heterocycles. The Morgan fingerprint density at radius 3 is 3.00 bits per heavy atom. The van der Waals surface area contributed by atoms with E-state index in [0.717, 1.165) is 21.6 Å². The maximum atomic E-state index is 5.85. The topological polar surface area (TPSA) is 41.8 Å². The fraction of sp³-hybridized carbons (Fsp3) is 0. The Balaban J connectivity index is 2.86. The summed E-state index contributed by atoms with van der Waals surface area (Å²) in [5, 5.41) is 1.75. The molecule has 1 aromatic heterocycles. The molecule has 56 valence electrons. The number of H-pyrrole nitrogens is 1. The van der Waals surface area contributed by atoms with Crippen molar-refractivity contribution in [3.05, 3.63) is 29.4 Å². The van der Waals surface area contributed by atoms with Crippen molar-refractivity contribution >= 4 is 28.2 Å². The van der Waals surface area contributed by atoms with Gasteiger partial charge in [-0.15, -0.1) is 0 Å². The van der Waals surface area contributed by atoms with Crippen LogP contribution in [0.25, 0.3) is 10.9 Å². The molecule has 0 saturated carbocycles. The van der Waals surface area contributed by atoms with Gasteiger partial charge in [0.1, 0.15) is 0 Å². The van der Waals surface area contributed by atoms with Crippen molar-refractivity contribution < 1.29 is 0 Å². The molecule has 0 unspecified atom stereocenters. The molecule has 1 heterocycles. The van der Waals surface area contributed by atoms with Gasteiger partial charge in [-0.3, -0.25) is 0 Å². The fourth-order valence-corrected chi connectivity index (χ4v) is 1.33. The highest BCUT2D eigenvalue weighted by Gasteiger charge is 1.99. The van der Waals surface area contributed by atoms with Crippen molar-refractivity contribution in [1.29, 1.82) is 0 Å². The summed E-state index contributed by atoms with van der Waals surface area (Å²) in [6.07, 6.45) is 1.76. The summed E-state index contributed by atoms with van der Waals surface area (Å²) in [5.41, 5.74) is 7.30. The second kappa shape index (κ2) is 2.17. The molecule has 2 nitrogen and oxygen atoms in total. The van der Waals surface area contributed by atoms with Gasteiger partial charge in [0.15, 0.2) is 0 Å². The number of benzene rings is 1. The van der Waals surface area contributed by atoms with E-state index in [4.69, 9.17) is 17.3 Å². The monoisotopic (exact) mass is 166 g/mol. The van der Waals surface area contributed by atoms with E-state index in [1.807, 2.05) is 18.2 Å². The Morgan fingerprint density at radius 1 is 1.36 bits per heavy atom. The normalized spacial score (nSPS) is 10.6. The molecule has 2 rings (SSSR count). The van der Waals surface area contributed by atoms with Gasteiger partial charge in [0.2, 0.25) is 0 Å². The van der Waals surface area contributed by atoms with E-state index in [2.05, 4.69) is 4.98 Å². The number of aromatic amines is 1. The number of nitrogen functional groups attached to an aromatic ring is 1. The third-order valence-corrected chi connectivity index (χ3v) is 1.97. The van der Waals surface area contributed by atoms with Crippen LogP contribution in [0.5, 0.6) is 0 Å². The standard InChI is InChI=1S/C8H7ClN2/c9-7-4-11-8-3-5(10)1-2-6(7)8/h1-4,11H,10H2. The zero-order valence-corrected chi connectivity index (χ0v) is 6.52. The van der Waals surface area contributed by atoms with Crippen molar-refractivity contribution in [2.45, 2.75) is 0 Å². The lowest BCUT2D eigenvalue weighted by Gasteiger charge is -1.92. The van der Waals surface area contributed by atoms with Crippen molar-refractivity contribution in [2.24, 2.45) is 0 Å². The van der Waals surface area contributed by atoms with Crippen LogP contribution < -0.4 is 5.73 Å². The minimum absolute atomic E-state index is 0.736. The Morgan fingerprint density at radius 2 is 2.18 bits per heavy atom. The quantitative estimate of drug-likeness (QED) is 0.580. The van der Waals surface area contributed by atoms with E-state index < -0.39 is 0 Å². The van der Waals surface area contributed by atoms with Crippen molar-refractivity contribution in [3.63, 3.8) is 0 Å². The van der Waals surface area contributed by atoms with Crippen LogP contribution in [-0.2, 0) is 0 Å². The summed E-state index contributed by atoms with van der Waals surface area (Å²) >= 11 is 5.85. The van der Waals surface area contributed by atoms with Gasteiger partial charge < -0.3 is 10.7 Å². The Hall–Kier alpha value is -1.15. The van der Waals surface area contributed by atoms with Gasteiger partial charge in [0, 0.05) is 22.8 Å². The molecular weight excluding hydrogens is 160 g/mol.